The molecule has 4 saturated carbocycles. The number of amides is 1. The molecule has 0 radical (unpaired) electrons. The minimum atomic E-state index is -0.875. The van der Waals surface area contributed by atoms with Crippen LogP contribution in [0.5, 0.6) is 0 Å². The maximum absolute atomic E-state index is 14.4. The zero-order chi connectivity index (χ0) is 35.0. The Balaban J connectivity index is 1.18. The van der Waals surface area contributed by atoms with E-state index in [2.05, 4.69) is 70.6 Å². The molecule has 1 aromatic carbocycles. The lowest BCUT2D eigenvalue weighted by Crippen LogP contribution is -2.66. The molecule has 0 aliphatic heterocycles. The highest BCUT2D eigenvalue weighted by atomic mass is 16.4. The topological polar surface area (TPSA) is 79.3 Å². The summed E-state index contributed by atoms with van der Waals surface area (Å²) in [7, 11) is 0. The Kier molecular flexibility index (Phi) is 8.35. The van der Waals surface area contributed by atoms with Crippen LogP contribution in [0.2, 0.25) is 0 Å². The first-order valence-corrected chi connectivity index (χ1v) is 19.1. The highest BCUT2D eigenvalue weighted by Gasteiger charge is 2.71. The van der Waals surface area contributed by atoms with Crippen molar-refractivity contribution in [2.45, 2.75) is 106 Å². The lowest BCUT2D eigenvalue weighted by atomic mass is 9.32. The molecule has 9 atom stereocenters. The van der Waals surface area contributed by atoms with Crippen molar-refractivity contribution in [3.05, 3.63) is 83.7 Å². The molecule has 7 rings (SSSR count). The molecule has 262 valence electrons. The second-order valence-corrected chi connectivity index (χ2v) is 18.1. The van der Waals surface area contributed by atoms with Crippen molar-refractivity contribution in [2.24, 2.45) is 56.7 Å². The van der Waals surface area contributed by atoms with Crippen LogP contribution in [-0.4, -0.2) is 28.5 Å². The minimum absolute atomic E-state index is 0.0110. The van der Waals surface area contributed by atoms with E-state index in [-0.39, 0.29) is 27.1 Å². The molecule has 0 unspecified atom stereocenters. The Morgan fingerprint density at radius 2 is 1.67 bits per heavy atom. The van der Waals surface area contributed by atoms with Crippen molar-refractivity contribution in [1.82, 2.24) is 10.3 Å². The number of carbonyl (C=O) groups excluding carboxylic acids is 1. The van der Waals surface area contributed by atoms with Gasteiger partial charge in [0.15, 0.2) is 0 Å². The van der Waals surface area contributed by atoms with E-state index in [0.29, 0.717) is 47.6 Å². The number of pyridine rings is 1. The summed E-state index contributed by atoms with van der Waals surface area (Å²) in [5.41, 5.74) is 5.58. The Labute approximate surface area is 294 Å². The molecular formula is C44H58N2O3. The van der Waals surface area contributed by atoms with E-state index in [1.54, 1.807) is 18.3 Å². The van der Waals surface area contributed by atoms with Gasteiger partial charge in [0.05, 0.1) is 11.0 Å². The van der Waals surface area contributed by atoms with Gasteiger partial charge in [-0.3, -0.25) is 9.78 Å². The number of fused-ring (bicyclic) bond motifs is 7. The summed E-state index contributed by atoms with van der Waals surface area (Å²) >= 11 is 0. The van der Waals surface area contributed by atoms with Crippen LogP contribution in [0.4, 0.5) is 0 Å². The average Bonchev–Trinajstić information content (AvgIpc) is 3.47. The zero-order valence-corrected chi connectivity index (χ0v) is 30.8. The highest BCUT2D eigenvalue weighted by Crippen LogP contribution is 2.77. The van der Waals surface area contributed by atoms with E-state index in [9.17, 15) is 14.7 Å². The predicted molar refractivity (Wildman–Crippen MR) is 197 cm³/mol. The second-order valence-electron chi connectivity index (χ2n) is 18.1. The summed E-state index contributed by atoms with van der Waals surface area (Å²) in [6, 6.07) is 11.6. The molecule has 5 nitrogen and oxygen atoms in total. The smallest absolute Gasteiger partial charge is 0.335 e. The molecule has 1 heterocycles. The van der Waals surface area contributed by atoms with E-state index in [1.165, 1.54) is 42.4 Å². The molecule has 2 N–H and O–H groups in total. The summed E-state index contributed by atoms with van der Waals surface area (Å²) < 4.78 is 0. The molecule has 0 saturated heterocycles. The van der Waals surface area contributed by atoms with Gasteiger partial charge in [-0.2, -0.15) is 0 Å². The first-order valence-electron chi connectivity index (χ1n) is 19.1. The molecule has 5 aliphatic rings. The van der Waals surface area contributed by atoms with E-state index < -0.39 is 5.97 Å². The minimum Gasteiger partial charge on any atom is -0.478 e. The maximum atomic E-state index is 14.4. The van der Waals surface area contributed by atoms with E-state index in [0.717, 1.165) is 44.1 Å². The number of nitrogens with zero attached hydrogens (tertiary/aromatic N) is 1. The lowest BCUT2D eigenvalue weighted by molar-refractivity contribution is -0.225. The summed E-state index contributed by atoms with van der Waals surface area (Å²) in [6.07, 6.45) is 17.1. The van der Waals surface area contributed by atoms with Crippen LogP contribution in [0, 0.1) is 56.7 Å². The third-order valence-corrected chi connectivity index (χ3v) is 16.0. The number of carboxylic acids is 1. The molecular weight excluding hydrogens is 604 g/mol. The number of hydrogen-bond donors (Lipinski definition) is 2. The third-order valence-electron chi connectivity index (χ3n) is 16.0. The Hall–Kier alpha value is -3.21. The molecule has 2 aromatic rings. The van der Waals surface area contributed by atoms with Crippen molar-refractivity contribution >= 4 is 17.4 Å². The van der Waals surface area contributed by atoms with Gasteiger partial charge < -0.3 is 10.4 Å². The van der Waals surface area contributed by atoms with Crippen molar-refractivity contribution in [2.75, 3.05) is 6.54 Å². The fourth-order valence-electron chi connectivity index (χ4n) is 13.5. The van der Waals surface area contributed by atoms with Gasteiger partial charge in [-0.15, -0.1) is 0 Å². The summed E-state index contributed by atoms with van der Waals surface area (Å²) in [6.45, 7) is 20.2. The number of nitrogens with one attached hydrogen (secondary N) is 1. The largest absolute Gasteiger partial charge is 0.478 e. The number of aromatic carboxylic acids is 1. The van der Waals surface area contributed by atoms with Gasteiger partial charge in [0.2, 0.25) is 5.91 Å². The number of carboxylic acid groups (broad SMARTS) is 1. The van der Waals surface area contributed by atoms with Gasteiger partial charge in [0.25, 0.3) is 0 Å². The number of carbonyl (C=O) groups is 2. The molecule has 1 aromatic heterocycles. The zero-order valence-electron chi connectivity index (χ0n) is 30.8. The predicted octanol–water partition coefficient (Wildman–Crippen LogP) is 9.79. The maximum Gasteiger partial charge on any atom is 0.335 e. The second kappa shape index (κ2) is 11.9. The van der Waals surface area contributed by atoms with E-state index >= 15 is 0 Å². The van der Waals surface area contributed by atoms with Crippen LogP contribution < -0.4 is 5.32 Å². The standard InChI is InChI=1S/C44H58N2O3/c1-28(2)32-16-22-44(39(49)46-26-19-29-9-8-25-45-27-29)24-23-42(6)34(37(32)44)14-15-36-41(5)20-17-33(30-10-12-31(13-11-30)38(47)48)40(3,4)35(41)18-21-43(36,42)7/h8-13,17,25,27,32,34-37H,1,14-16,18-24,26H2,2-7H3,(H,46,49)(H,47,48)/t32-,34+,35-,36+,37+,41-,42+,43+,44-/m0/s1. The fraction of sp³-hybridized carbons (Fsp3) is 0.614. The Bertz CT molecular complexity index is 1660. The molecule has 4 fully saturated rings. The van der Waals surface area contributed by atoms with Crippen LogP contribution in [0.1, 0.15) is 121 Å². The van der Waals surface area contributed by atoms with Crippen LogP contribution in [-0.2, 0) is 11.2 Å². The van der Waals surface area contributed by atoms with Gasteiger partial charge in [-0.25, -0.2) is 4.79 Å². The molecule has 1 amide bonds. The summed E-state index contributed by atoms with van der Waals surface area (Å²) in [5, 5.41) is 12.9. The van der Waals surface area contributed by atoms with Crippen molar-refractivity contribution in [3.63, 3.8) is 0 Å². The Morgan fingerprint density at radius 1 is 0.918 bits per heavy atom. The SMILES string of the molecule is C=C(C)[C@@H]1CC[C@]2(C(=O)NCCc3cccnc3)CC[C@]3(C)[C@H](CC[C@@H]4[C@@]5(C)CC=C(c6ccc(C(=O)O)cc6)C(C)(C)[C@@H]5CC[C@]43C)[C@@H]12. The quantitative estimate of drug-likeness (QED) is 0.289. The summed E-state index contributed by atoms with van der Waals surface area (Å²) in [5.74, 6) is 1.88. The van der Waals surface area contributed by atoms with E-state index in [1.807, 2.05) is 24.4 Å². The molecule has 5 aliphatic carbocycles. The summed E-state index contributed by atoms with van der Waals surface area (Å²) in [4.78, 5) is 30.2. The molecule has 49 heavy (non-hydrogen) atoms. The number of hydrogen-bond acceptors (Lipinski definition) is 3. The first-order chi connectivity index (χ1) is 23.2. The first kappa shape index (κ1) is 34.2. The molecule has 0 bridgehead atoms. The number of aromatic nitrogens is 1. The van der Waals surface area contributed by atoms with Crippen LogP contribution in [0.3, 0.4) is 0 Å². The lowest BCUT2D eigenvalue weighted by Gasteiger charge is -2.72. The van der Waals surface area contributed by atoms with Crippen LogP contribution >= 0.6 is 0 Å². The highest BCUT2D eigenvalue weighted by molar-refractivity contribution is 5.88. The van der Waals surface area contributed by atoms with Crippen molar-refractivity contribution < 1.29 is 14.7 Å². The number of benzene rings is 1. The van der Waals surface area contributed by atoms with Crippen molar-refractivity contribution in [3.8, 4) is 0 Å². The molecule has 0 spiro atoms. The fourth-order valence-corrected chi connectivity index (χ4v) is 13.5. The van der Waals surface area contributed by atoms with Gasteiger partial charge >= 0.3 is 5.97 Å². The van der Waals surface area contributed by atoms with Crippen LogP contribution in [0.25, 0.3) is 5.57 Å². The Morgan fingerprint density at radius 3 is 2.35 bits per heavy atom. The van der Waals surface area contributed by atoms with Crippen molar-refractivity contribution in [1.29, 1.82) is 0 Å². The van der Waals surface area contributed by atoms with E-state index in [4.69, 9.17) is 0 Å². The normalized spacial score (nSPS) is 39.0. The molecule has 5 heteroatoms. The van der Waals surface area contributed by atoms with Crippen LogP contribution in [0.15, 0.2) is 67.0 Å². The van der Waals surface area contributed by atoms with Gasteiger partial charge in [0.1, 0.15) is 0 Å². The van der Waals surface area contributed by atoms with Gasteiger partial charge in [-0.05, 0) is 157 Å². The number of allylic oxidation sites excluding steroid dienone is 3. The number of rotatable bonds is 7. The van der Waals surface area contributed by atoms with Gasteiger partial charge in [-0.1, -0.05) is 71.0 Å². The van der Waals surface area contributed by atoms with Gasteiger partial charge in [0, 0.05) is 18.9 Å². The monoisotopic (exact) mass is 662 g/mol. The third kappa shape index (κ3) is 5.02. The average molecular weight is 663 g/mol.